The van der Waals surface area contributed by atoms with Crippen LogP contribution in [0, 0.1) is 0 Å². The molecule has 2 aromatic carbocycles. The van der Waals surface area contributed by atoms with Crippen LogP contribution < -0.4 is 4.74 Å². The highest BCUT2D eigenvalue weighted by Crippen LogP contribution is 2.37. The van der Waals surface area contributed by atoms with Crippen molar-refractivity contribution in [1.29, 1.82) is 0 Å². The fourth-order valence-corrected chi connectivity index (χ4v) is 3.71. The van der Waals surface area contributed by atoms with Gasteiger partial charge in [-0.25, -0.2) is 14.8 Å². The Morgan fingerprint density at radius 1 is 1.03 bits per heavy atom. The predicted octanol–water partition coefficient (Wildman–Crippen LogP) is 4.99. The molecule has 3 aromatic heterocycles. The van der Waals surface area contributed by atoms with E-state index >= 15 is 0 Å². The van der Waals surface area contributed by atoms with Gasteiger partial charge in [0.2, 0.25) is 0 Å². The van der Waals surface area contributed by atoms with Gasteiger partial charge < -0.3 is 19.8 Å². The Morgan fingerprint density at radius 2 is 1.87 bits per heavy atom. The normalized spacial score (nSPS) is 11.0. The minimum atomic E-state index is -1.06. The number of methoxy groups -OCH3 is 1. The summed E-state index contributed by atoms with van der Waals surface area (Å²) in [6.45, 7) is 0. The molecule has 7 nitrogen and oxygen atoms in total. The highest BCUT2D eigenvalue weighted by molar-refractivity contribution is 5.98. The molecule has 0 saturated carbocycles. The number of carbonyl (C=O) groups is 1. The number of rotatable bonds is 5. The van der Waals surface area contributed by atoms with Crippen LogP contribution in [-0.2, 0) is 0 Å². The largest absolute Gasteiger partial charge is 0.496 e. The van der Waals surface area contributed by atoms with Gasteiger partial charge in [-0.15, -0.1) is 0 Å². The number of hydrogen-bond donors (Lipinski definition) is 3. The molecule has 0 amide bonds. The molecular formula is C24H18N4O3. The zero-order chi connectivity index (χ0) is 21.4. The molecule has 0 fully saturated rings. The van der Waals surface area contributed by atoms with Crippen LogP contribution >= 0.6 is 0 Å². The number of hydrogen-bond acceptors (Lipinski definition) is 4. The molecule has 31 heavy (non-hydrogen) atoms. The Hall–Kier alpha value is -4.39. The van der Waals surface area contributed by atoms with E-state index in [1.807, 2.05) is 54.7 Å². The van der Waals surface area contributed by atoms with Gasteiger partial charge in [0.15, 0.2) is 0 Å². The second kappa shape index (κ2) is 7.46. The summed E-state index contributed by atoms with van der Waals surface area (Å²) in [6.07, 6.45) is 3.57. The number of aromatic nitrogens is 4. The summed E-state index contributed by atoms with van der Waals surface area (Å²) < 4.78 is 5.21. The van der Waals surface area contributed by atoms with E-state index < -0.39 is 5.97 Å². The summed E-state index contributed by atoms with van der Waals surface area (Å²) in [4.78, 5) is 27.6. The van der Waals surface area contributed by atoms with Gasteiger partial charge in [0.1, 0.15) is 22.8 Å². The molecule has 0 saturated heterocycles. The van der Waals surface area contributed by atoms with Gasteiger partial charge >= 0.3 is 5.97 Å². The molecule has 0 bridgehead atoms. The first-order chi connectivity index (χ1) is 15.2. The summed E-state index contributed by atoms with van der Waals surface area (Å²) in [5.74, 6) is -0.0663. The Balaban J connectivity index is 1.77. The second-order valence-corrected chi connectivity index (χ2v) is 6.99. The van der Waals surface area contributed by atoms with Gasteiger partial charge in [-0.3, -0.25) is 0 Å². The maximum atomic E-state index is 11.8. The molecule has 3 heterocycles. The lowest BCUT2D eigenvalue weighted by atomic mass is 10.0. The topological polar surface area (TPSA) is 104 Å². The van der Waals surface area contributed by atoms with Crippen molar-refractivity contribution in [2.75, 3.05) is 7.11 Å². The van der Waals surface area contributed by atoms with Crippen molar-refractivity contribution in [3.63, 3.8) is 0 Å². The van der Waals surface area contributed by atoms with Gasteiger partial charge in [0, 0.05) is 34.5 Å². The Bertz CT molecular complexity index is 1400. The zero-order valence-electron chi connectivity index (χ0n) is 16.6. The maximum Gasteiger partial charge on any atom is 0.339 e. The average Bonchev–Trinajstić information content (AvgIpc) is 3.46. The van der Waals surface area contributed by atoms with Crippen LogP contribution in [0.2, 0.25) is 0 Å². The molecule has 5 aromatic rings. The SMILES string of the molecule is COc1ccc(-c2nc(-c3ccccc3)[nH]c2-c2ccnc3[nH]ccc23)cc1C(=O)O. The molecule has 0 aliphatic carbocycles. The first-order valence-electron chi connectivity index (χ1n) is 9.65. The predicted molar refractivity (Wildman–Crippen MR) is 118 cm³/mol. The van der Waals surface area contributed by atoms with E-state index in [1.54, 1.807) is 18.3 Å². The zero-order valence-corrected chi connectivity index (χ0v) is 16.6. The van der Waals surface area contributed by atoms with E-state index in [-0.39, 0.29) is 5.56 Å². The molecule has 0 radical (unpaired) electrons. The van der Waals surface area contributed by atoms with Crippen LogP contribution in [0.3, 0.4) is 0 Å². The molecule has 3 N–H and O–H groups in total. The molecule has 0 aliphatic rings. The average molecular weight is 410 g/mol. The maximum absolute atomic E-state index is 11.8. The molecule has 7 heteroatoms. The highest BCUT2D eigenvalue weighted by atomic mass is 16.5. The monoisotopic (exact) mass is 410 g/mol. The number of pyridine rings is 1. The van der Waals surface area contributed by atoms with E-state index in [2.05, 4.69) is 15.0 Å². The fourth-order valence-electron chi connectivity index (χ4n) is 3.71. The number of benzene rings is 2. The van der Waals surface area contributed by atoms with E-state index in [1.165, 1.54) is 7.11 Å². The van der Waals surface area contributed by atoms with Crippen LogP contribution in [0.1, 0.15) is 10.4 Å². The van der Waals surface area contributed by atoms with Gasteiger partial charge in [0.25, 0.3) is 0 Å². The molecule has 0 unspecified atom stereocenters. The number of H-pyrrole nitrogens is 2. The minimum Gasteiger partial charge on any atom is -0.496 e. The summed E-state index contributed by atoms with van der Waals surface area (Å²) in [7, 11) is 1.45. The van der Waals surface area contributed by atoms with Crippen molar-refractivity contribution in [1.82, 2.24) is 19.9 Å². The van der Waals surface area contributed by atoms with Gasteiger partial charge in [-0.1, -0.05) is 30.3 Å². The number of nitrogens with zero attached hydrogens (tertiary/aromatic N) is 2. The Morgan fingerprint density at radius 3 is 2.65 bits per heavy atom. The quantitative estimate of drug-likeness (QED) is 0.378. The van der Waals surface area contributed by atoms with Crippen LogP contribution in [-0.4, -0.2) is 38.1 Å². The third-order valence-electron chi connectivity index (χ3n) is 5.18. The van der Waals surface area contributed by atoms with Crippen LogP contribution in [0.15, 0.2) is 73.1 Å². The smallest absolute Gasteiger partial charge is 0.339 e. The van der Waals surface area contributed by atoms with Gasteiger partial charge in [-0.05, 0) is 30.3 Å². The van der Waals surface area contributed by atoms with E-state index in [0.29, 0.717) is 22.8 Å². The van der Waals surface area contributed by atoms with Crippen LogP contribution in [0.4, 0.5) is 0 Å². The Kier molecular flexibility index (Phi) is 4.48. The van der Waals surface area contributed by atoms with Gasteiger partial charge in [0.05, 0.1) is 18.5 Å². The van der Waals surface area contributed by atoms with Gasteiger partial charge in [-0.2, -0.15) is 0 Å². The van der Waals surface area contributed by atoms with Crippen molar-refractivity contribution in [3.8, 4) is 39.7 Å². The number of fused-ring (bicyclic) bond motifs is 1. The summed E-state index contributed by atoms with van der Waals surface area (Å²) in [5, 5.41) is 10.6. The molecule has 0 atom stereocenters. The first-order valence-corrected chi connectivity index (χ1v) is 9.65. The number of aromatic amines is 2. The van der Waals surface area contributed by atoms with Crippen LogP contribution in [0.25, 0.3) is 44.9 Å². The number of nitrogens with one attached hydrogen (secondary N) is 2. The van der Waals surface area contributed by atoms with Crippen molar-refractivity contribution >= 4 is 17.0 Å². The lowest BCUT2D eigenvalue weighted by Gasteiger charge is -2.08. The fraction of sp³-hybridized carbons (Fsp3) is 0.0417. The minimum absolute atomic E-state index is 0.0803. The number of imidazole rings is 1. The number of carboxylic acids is 1. The second-order valence-electron chi connectivity index (χ2n) is 6.99. The molecule has 0 aliphatic heterocycles. The van der Waals surface area contributed by atoms with Crippen LogP contribution in [0.5, 0.6) is 5.75 Å². The Labute approximate surface area is 177 Å². The lowest BCUT2D eigenvalue weighted by molar-refractivity contribution is 0.0693. The molecular weight excluding hydrogens is 392 g/mol. The summed E-state index contributed by atoms with van der Waals surface area (Å²) >= 11 is 0. The first kappa shape index (κ1) is 18.6. The third-order valence-corrected chi connectivity index (χ3v) is 5.18. The van der Waals surface area contributed by atoms with Crippen molar-refractivity contribution < 1.29 is 14.6 Å². The third kappa shape index (κ3) is 3.22. The number of aromatic carboxylic acids is 1. The van der Waals surface area contributed by atoms with E-state index in [9.17, 15) is 9.90 Å². The van der Waals surface area contributed by atoms with E-state index in [4.69, 9.17) is 9.72 Å². The summed E-state index contributed by atoms with van der Waals surface area (Å²) in [5.41, 5.74) is 4.80. The number of ether oxygens (including phenoxy) is 1. The lowest BCUT2D eigenvalue weighted by Crippen LogP contribution is -2.01. The standard InChI is InChI=1S/C24H18N4O3/c1-31-19-8-7-15(13-18(19)24(29)30)20-21(16-9-11-25-23-17(16)10-12-26-23)28-22(27-20)14-5-3-2-4-6-14/h2-13H,1H3,(H,25,26)(H,27,28)(H,29,30). The number of carboxylic acid groups (broad SMARTS) is 1. The molecule has 0 spiro atoms. The molecule has 5 rings (SSSR count). The summed E-state index contributed by atoms with van der Waals surface area (Å²) in [6, 6.07) is 18.7. The molecule has 152 valence electrons. The highest BCUT2D eigenvalue weighted by Gasteiger charge is 2.20. The van der Waals surface area contributed by atoms with Crippen molar-refractivity contribution in [2.24, 2.45) is 0 Å². The van der Waals surface area contributed by atoms with Crippen molar-refractivity contribution in [3.05, 3.63) is 78.6 Å². The van der Waals surface area contributed by atoms with Crippen molar-refractivity contribution in [2.45, 2.75) is 0 Å². The van der Waals surface area contributed by atoms with E-state index in [0.717, 1.165) is 27.9 Å².